The normalized spacial score (nSPS) is 20.2. The molecule has 134 valence electrons. The molecule has 0 spiro atoms. The number of esters is 1. The molecule has 1 unspecified atom stereocenters. The number of rotatable bonds is 5. The van der Waals surface area contributed by atoms with Gasteiger partial charge in [-0.1, -0.05) is 12.1 Å². The number of methoxy groups -OCH3 is 3. The predicted octanol–water partition coefficient (Wildman–Crippen LogP) is 2.54. The molecule has 2 aliphatic rings. The van der Waals surface area contributed by atoms with Gasteiger partial charge in [-0.3, -0.25) is 0 Å². The van der Waals surface area contributed by atoms with Gasteiger partial charge in [0.1, 0.15) is 0 Å². The van der Waals surface area contributed by atoms with E-state index in [4.69, 9.17) is 26.4 Å². The van der Waals surface area contributed by atoms with Gasteiger partial charge in [-0.15, -0.1) is 0 Å². The summed E-state index contributed by atoms with van der Waals surface area (Å²) >= 11 is 5.57. The minimum Gasteiger partial charge on any atom is -0.493 e. The van der Waals surface area contributed by atoms with E-state index in [0.717, 1.165) is 24.1 Å². The van der Waals surface area contributed by atoms with Crippen LogP contribution in [0, 0.1) is 0 Å². The minimum absolute atomic E-state index is 0.354. The number of nitrogens with zero attached hydrogens (tertiary/aromatic N) is 1. The van der Waals surface area contributed by atoms with E-state index in [2.05, 4.69) is 5.32 Å². The molecule has 7 heteroatoms. The van der Waals surface area contributed by atoms with Crippen LogP contribution >= 0.6 is 12.2 Å². The smallest absolute Gasteiger partial charge is 0.337 e. The number of ether oxygens (including phenoxy) is 3. The Morgan fingerprint density at radius 3 is 2.52 bits per heavy atom. The number of hydrogen-bond acceptors (Lipinski definition) is 5. The number of hydrogen-bond donors (Lipinski definition) is 1. The largest absolute Gasteiger partial charge is 0.493 e. The Kier molecular flexibility index (Phi) is 4.85. The van der Waals surface area contributed by atoms with Crippen LogP contribution in [0.15, 0.2) is 29.5 Å². The van der Waals surface area contributed by atoms with Crippen LogP contribution in [0.2, 0.25) is 0 Å². The van der Waals surface area contributed by atoms with E-state index in [1.54, 1.807) is 14.2 Å². The van der Waals surface area contributed by atoms with Crippen LogP contribution in [0.25, 0.3) is 0 Å². The second kappa shape index (κ2) is 6.92. The maximum Gasteiger partial charge on any atom is 0.337 e. The molecule has 0 aromatic heterocycles. The van der Waals surface area contributed by atoms with Crippen molar-refractivity contribution in [2.24, 2.45) is 0 Å². The van der Waals surface area contributed by atoms with Crippen LogP contribution in [0.5, 0.6) is 11.5 Å². The molecule has 0 saturated heterocycles. The lowest BCUT2D eigenvalue weighted by Gasteiger charge is -2.38. The summed E-state index contributed by atoms with van der Waals surface area (Å²) in [6.45, 7) is 1.91. The molecule has 1 heterocycles. The molecule has 6 nitrogen and oxygen atoms in total. The van der Waals surface area contributed by atoms with Crippen molar-refractivity contribution in [1.29, 1.82) is 0 Å². The molecule has 1 fully saturated rings. The van der Waals surface area contributed by atoms with Gasteiger partial charge in [-0.2, -0.15) is 0 Å². The molecule has 1 N–H and O–H groups in total. The van der Waals surface area contributed by atoms with Crippen LogP contribution < -0.4 is 14.8 Å². The second-order valence-corrected chi connectivity index (χ2v) is 6.44. The van der Waals surface area contributed by atoms with Gasteiger partial charge in [0.25, 0.3) is 0 Å². The van der Waals surface area contributed by atoms with E-state index in [1.807, 2.05) is 30.0 Å². The van der Waals surface area contributed by atoms with Gasteiger partial charge in [0.05, 0.1) is 32.9 Å². The van der Waals surface area contributed by atoms with E-state index in [-0.39, 0.29) is 5.97 Å². The highest BCUT2D eigenvalue weighted by Crippen LogP contribution is 2.42. The number of nitrogens with one attached hydrogen (secondary N) is 1. The lowest BCUT2D eigenvalue weighted by atomic mass is 9.94. The molecule has 0 bridgehead atoms. The first-order valence-corrected chi connectivity index (χ1v) is 8.54. The van der Waals surface area contributed by atoms with E-state index >= 15 is 0 Å². The van der Waals surface area contributed by atoms with Crippen LogP contribution in [-0.4, -0.2) is 43.4 Å². The number of allylic oxidation sites excluding steroid dienone is 1. The quantitative estimate of drug-likeness (QED) is 0.638. The zero-order chi connectivity index (χ0) is 18.1. The van der Waals surface area contributed by atoms with Gasteiger partial charge >= 0.3 is 5.97 Å². The maximum atomic E-state index is 12.5. The van der Waals surface area contributed by atoms with E-state index < -0.39 is 6.04 Å². The van der Waals surface area contributed by atoms with Crippen molar-refractivity contribution in [2.45, 2.75) is 31.8 Å². The van der Waals surface area contributed by atoms with Crippen molar-refractivity contribution in [2.75, 3.05) is 21.3 Å². The summed E-state index contributed by atoms with van der Waals surface area (Å²) in [4.78, 5) is 14.6. The first-order valence-electron chi connectivity index (χ1n) is 8.13. The zero-order valence-corrected chi connectivity index (χ0v) is 15.6. The number of benzene rings is 1. The monoisotopic (exact) mass is 362 g/mol. The molecule has 1 saturated carbocycles. The summed E-state index contributed by atoms with van der Waals surface area (Å²) in [7, 11) is 4.54. The molecular weight excluding hydrogens is 340 g/mol. The highest BCUT2D eigenvalue weighted by Gasteiger charge is 2.41. The summed E-state index contributed by atoms with van der Waals surface area (Å²) in [5.74, 6) is 0.784. The minimum atomic E-state index is -0.458. The van der Waals surface area contributed by atoms with Gasteiger partial charge in [0, 0.05) is 17.3 Å². The van der Waals surface area contributed by atoms with Crippen molar-refractivity contribution in [3.05, 3.63) is 35.0 Å². The molecule has 1 aromatic carbocycles. The van der Waals surface area contributed by atoms with Crippen molar-refractivity contribution >= 4 is 23.3 Å². The van der Waals surface area contributed by atoms with Crippen LogP contribution in [-0.2, 0) is 9.53 Å². The van der Waals surface area contributed by atoms with Crippen LogP contribution in [0.1, 0.15) is 31.4 Å². The molecule has 1 atom stereocenters. The fraction of sp³-hybridized carbons (Fsp3) is 0.444. The van der Waals surface area contributed by atoms with E-state index in [9.17, 15) is 4.79 Å². The molecule has 1 aliphatic carbocycles. The Bertz CT molecular complexity index is 743. The number of carbonyl (C=O) groups excluding carboxylic acids is 1. The van der Waals surface area contributed by atoms with Crippen molar-refractivity contribution in [3.63, 3.8) is 0 Å². The van der Waals surface area contributed by atoms with Crippen molar-refractivity contribution in [1.82, 2.24) is 10.2 Å². The molecular formula is C18H22N2O4S. The maximum absolute atomic E-state index is 12.5. The van der Waals surface area contributed by atoms with E-state index in [0.29, 0.717) is 28.2 Å². The standard InChI is InChI=1S/C18H22N2O4S/c1-10-14(17(21)24-4)15(19-18(25)20(10)11-8-9-11)12-6-5-7-13(22-2)16(12)23-3/h5-7,11,15H,8-9H2,1-4H3,(H,19,25). The molecule has 3 rings (SSSR count). The Labute approximate surface area is 152 Å². The van der Waals surface area contributed by atoms with Crippen molar-refractivity contribution in [3.8, 4) is 11.5 Å². The molecule has 0 amide bonds. The van der Waals surface area contributed by atoms with Crippen LogP contribution in [0.4, 0.5) is 0 Å². The third kappa shape index (κ3) is 3.04. The van der Waals surface area contributed by atoms with Crippen molar-refractivity contribution < 1.29 is 19.0 Å². The number of carbonyl (C=O) groups is 1. The highest BCUT2D eigenvalue weighted by atomic mass is 32.1. The number of thiocarbonyl (C=S) groups is 1. The van der Waals surface area contributed by atoms with Gasteiger partial charge < -0.3 is 24.4 Å². The van der Waals surface area contributed by atoms with Gasteiger partial charge in [-0.25, -0.2) is 4.79 Å². The van der Waals surface area contributed by atoms with Gasteiger partial charge in [0.2, 0.25) is 0 Å². The summed E-state index contributed by atoms with van der Waals surface area (Å²) in [6, 6.07) is 5.46. The fourth-order valence-corrected chi connectivity index (χ4v) is 3.68. The third-order valence-electron chi connectivity index (χ3n) is 4.59. The Morgan fingerprint density at radius 2 is 1.96 bits per heavy atom. The first-order chi connectivity index (χ1) is 12.0. The topological polar surface area (TPSA) is 60.0 Å². The SMILES string of the molecule is COC(=O)C1=C(C)N(C2CC2)C(=S)NC1c1cccc(OC)c1OC. The summed E-state index contributed by atoms with van der Waals surface area (Å²) < 4.78 is 16.0. The first kappa shape index (κ1) is 17.5. The Balaban J connectivity index is 2.14. The lowest BCUT2D eigenvalue weighted by Crippen LogP contribution is -2.48. The van der Waals surface area contributed by atoms with Gasteiger partial charge in [-0.05, 0) is 38.0 Å². The Morgan fingerprint density at radius 1 is 1.24 bits per heavy atom. The highest BCUT2D eigenvalue weighted by molar-refractivity contribution is 7.80. The summed E-state index contributed by atoms with van der Waals surface area (Å²) in [5, 5.41) is 3.90. The second-order valence-electron chi connectivity index (χ2n) is 6.06. The molecule has 25 heavy (non-hydrogen) atoms. The number of para-hydroxylation sites is 1. The van der Waals surface area contributed by atoms with Gasteiger partial charge in [0.15, 0.2) is 16.6 Å². The van der Waals surface area contributed by atoms with Crippen LogP contribution in [0.3, 0.4) is 0 Å². The predicted molar refractivity (Wildman–Crippen MR) is 97.6 cm³/mol. The third-order valence-corrected chi connectivity index (χ3v) is 4.90. The molecule has 1 aromatic rings. The molecule has 1 aliphatic heterocycles. The zero-order valence-electron chi connectivity index (χ0n) is 14.8. The molecule has 0 radical (unpaired) electrons. The summed E-state index contributed by atoms with van der Waals surface area (Å²) in [6.07, 6.45) is 2.14. The average Bonchev–Trinajstić information content (AvgIpc) is 3.44. The van der Waals surface area contributed by atoms with E-state index in [1.165, 1.54) is 7.11 Å². The average molecular weight is 362 g/mol. The Hall–Kier alpha value is -2.28. The lowest BCUT2D eigenvalue weighted by molar-refractivity contribution is -0.136. The fourth-order valence-electron chi connectivity index (χ4n) is 3.28. The summed E-state index contributed by atoms with van der Waals surface area (Å²) in [5.41, 5.74) is 2.14.